The molecule has 3 rings (SSSR count). The van der Waals surface area contributed by atoms with E-state index >= 15 is 0 Å². The summed E-state index contributed by atoms with van der Waals surface area (Å²) in [4.78, 5) is 37.2. The summed E-state index contributed by atoms with van der Waals surface area (Å²) < 4.78 is 22.8. The Hall–Kier alpha value is -3.22. The second kappa shape index (κ2) is 8.44. The summed E-state index contributed by atoms with van der Waals surface area (Å²) in [7, 11) is 0. The van der Waals surface area contributed by atoms with Gasteiger partial charge in [0.2, 0.25) is 5.91 Å². The minimum Gasteiger partial charge on any atom is -0.482 e. The first kappa shape index (κ1) is 18.6. The maximum Gasteiger partial charge on any atom is 0.344 e. The number of halogens is 1. The smallest absolute Gasteiger partial charge is 0.344 e. The normalized spacial score (nSPS) is 13.5. The first-order valence-electron chi connectivity index (χ1n) is 8.50. The number of ether oxygens (including phenoxy) is 2. The molecule has 1 amide bonds. The standard InChI is InChI=1S/C20H18FNO5/c21-15-5-9-17(10-6-15)26-13-20(25)27-12-18(23)14-3-7-16(8-4-14)22-11-1-2-19(22)24/h3-10H,1-2,11-13H2. The van der Waals surface area contributed by atoms with Crippen molar-refractivity contribution < 1.29 is 28.2 Å². The van der Waals surface area contributed by atoms with Gasteiger partial charge in [-0.05, 0) is 55.0 Å². The third-order valence-corrected chi connectivity index (χ3v) is 4.11. The molecule has 140 valence electrons. The zero-order valence-corrected chi connectivity index (χ0v) is 14.5. The van der Waals surface area contributed by atoms with E-state index in [0.717, 1.165) is 12.1 Å². The minimum absolute atomic E-state index is 0.0733. The van der Waals surface area contributed by atoms with E-state index in [2.05, 4.69) is 0 Å². The molecule has 1 aliphatic rings. The summed E-state index contributed by atoms with van der Waals surface area (Å²) in [5.41, 5.74) is 1.14. The molecule has 0 atom stereocenters. The molecular weight excluding hydrogens is 353 g/mol. The fourth-order valence-electron chi connectivity index (χ4n) is 2.69. The van der Waals surface area contributed by atoms with E-state index in [1.54, 1.807) is 29.2 Å². The molecule has 0 aliphatic carbocycles. The fraction of sp³-hybridized carbons (Fsp3) is 0.250. The summed E-state index contributed by atoms with van der Waals surface area (Å²) in [5, 5.41) is 0. The summed E-state index contributed by atoms with van der Waals surface area (Å²) in [6.07, 6.45) is 1.37. The van der Waals surface area contributed by atoms with Gasteiger partial charge in [0.05, 0.1) is 0 Å². The van der Waals surface area contributed by atoms with Crippen LogP contribution < -0.4 is 9.64 Å². The van der Waals surface area contributed by atoms with Gasteiger partial charge in [0.1, 0.15) is 11.6 Å². The van der Waals surface area contributed by atoms with E-state index in [-0.39, 0.29) is 18.3 Å². The van der Waals surface area contributed by atoms with Gasteiger partial charge >= 0.3 is 5.97 Å². The van der Waals surface area contributed by atoms with Crippen molar-refractivity contribution in [3.8, 4) is 5.75 Å². The Morgan fingerprint density at radius 3 is 2.33 bits per heavy atom. The lowest BCUT2D eigenvalue weighted by atomic mass is 10.1. The zero-order valence-electron chi connectivity index (χ0n) is 14.5. The van der Waals surface area contributed by atoms with Crippen molar-refractivity contribution in [2.24, 2.45) is 0 Å². The Bertz CT molecular complexity index is 832. The van der Waals surface area contributed by atoms with E-state index in [1.165, 1.54) is 24.3 Å². The van der Waals surface area contributed by atoms with Crippen molar-refractivity contribution in [2.75, 3.05) is 24.7 Å². The molecule has 2 aromatic carbocycles. The molecule has 1 fully saturated rings. The predicted molar refractivity (Wildman–Crippen MR) is 95.2 cm³/mol. The van der Waals surface area contributed by atoms with Gasteiger partial charge in [-0.1, -0.05) is 0 Å². The molecule has 0 aromatic heterocycles. The van der Waals surface area contributed by atoms with Gasteiger partial charge < -0.3 is 14.4 Å². The minimum atomic E-state index is -0.702. The van der Waals surface area contributed by atoms with Gasteiger partial charge in [-0.25, -0.2) is 9.18 Å². The number of anilines is 1. The summed E-state index contributed by atoms with van der Waals surface area (Å²) >= 11 is 0. The largest absolute Gasteiger partial charge is 0.482 e. The van der Waals surface area contributed by atoms with Crippen LogP contribution >= 0.6 is 0 Å². The maximum atomic E-state index is 12.8. The number of amides is 1. The quantitative estimate of drug-likeness (QED) is 0.553. The molecular formula is C20H18FNO5. The van der Waals surface area contributed by atoms with Crippen molar-refractivity contribution >= 4 is 23.3 Å². The van der Waals surface area contributed by atoms with Gasteiger partial charge in [0.15, 0.2) is 19.0 Å². The van der Waals surface area contributed by atoms with Crippen LogP contribution in [0.15, 0.2) is 48.5 Å². The fourth-order valence-corrected chi connectivity index (χ4v) is 2.69. The lowest BCUT2D eigenvalue weighted by Gasteiger charge is -2.15. The zero-order chi connectivity index (χ0) is 19.2. The molecule has 0 saturated carbocycles. The van der Waals surface area contributed by atoms with Crippen molar-refractivity contribution in [1.82, 2.24) is 0 Å². The number of nitrogens with zero attached hydrogens (tertiary/aromatic N) is 1. The average molecular weight is 371 g/mol. The first-order valence-corrected chi connectivity index (χ1v) is 8.50. The summed E-state index contributed by atoms with van der Waals surface area (Å²) in [5.74, 6) is -1.07. The van der Waals surface area contributed by atoms with Crippen LogP contribution in [0.1, 0.15) is 23.2 Å². The molecule has 1 saturated heterocycles. The van der Waals surface area contributed by atoms with Crippen LogP contribution in [-0.2, 0) is 14.3 Å². The van der Waals surface area contributed by atoms with Crippen molar-refractivity contribution in [3.63, 3.8) is 0 Å². The van der Waals surface area contributed by atoms with Crippen LogP contribution in [0.4, 0.5) is 10.1 Å². The van der Waals surface area contributed by atoms with Gasteiger partial charge in [-0.3, -0.25) is 9.59 Å². The van der Waals surface area contributed by atoms with Crippen molar-refractivity contribution in [1.29, 1.82) is 0 Å². The molecule has 7 heteroatoms. The molecule has 0 bridgehead atoms. The molecule has 1 heterocycles. The Morgan fingerprint density at radius 1 is 1.00 bits per heavy atom. The van der Waals surface area contributed by atoms with Crippen LogP contribution in [0.3, 0.4) is 0 Å². The number of rotatable bonds is 7. The Kier molecular flexibility index (Phi) is 5.80. The molecule has 0 radical (unpaired) electrons. The lowest BCUT2D eigenvalue weighted by Crippen LogP contribution is -2.23. The third kappa shape index (κ3) is 4.91. The highest BCUT2D eigenvalue weighted by molar-refractivity contribution is 5.99. The molecule has 6 nitrogen and oxygen atoms in total. The predicted octanol–water partition coefficient (Wildman–Crippen LogP) is 2.76. The second-order valence-corrected chi connectivity index (χ2v) is 6.02. The van der Waals surface area contributed by atoms with E-state index in [1.807, 2.05) is 0 Å². The van der Waals surface area contributed by atoms with Gasteiger partial charge in [0.25, 0.3) is 0 Å². The Morgan fingerprint density at radius 2 is 1.70 bits per heavy atom. The van der Waals surface area contributed by atoms with Crippen LogP contribution in [-0.4, -0.2) is 37.4 Å². The number of hydrogen-bond donors (Lipinski definition) is 0. The molecule has 1 aliphatic heterocycles. The number of ketones is 1. The molecule has 0 N–H and O–H groups in total. The van der Waals surface area contributed by atoms with E-state index in [0.29, 0.717) is 24.3 Å². The number of hydrogen-bond acceptors (Lipinski definition) is 5. The monoisotopic (exact) mass is 371 g/mol. The Balaban J connectivity index is 1.46. The topological polar surface area (TPSA) is 72.9 Å². The molecule has 0 spiro atoms. The molecule has 0 unspecified atom stereocenters. The average Bonchev–Trinajstić information content (AvgIpc) is 3.11. The van der Waals surface area contributed by atoms with Crippen molar-refractivity contribution in [2.45, 2.75) is 12.8 Å². The van der Waals surface area contributed by atoms with E-state index in [9.17, 15) is 18.8 Å². The van der Waals surface area contributed by atoms with Crippen LogP contribution in [0.2, 0.25) is 0 Å². The van der Waals surface area contributed by atoms with Crippen molar-refractivity contribution in [3.05, 3.63) is 59.9 Å². The van der Waals surface area contributed by atoms with Gasteiger partial charge in [-0.15, -0.1) is 0 Å². The molecule has 27 heavy (non-hydrogen) atoms. The second-order valence-electron chi connectivity index (χ2n) is 6.02. The third-order valence-electron chi connectivity index (χ3n) is 4.11. The number of carbonyl (C=O) groups is 3. The van der Waals surface area contributed by atoms with E-state index < -0.39 is 18.4 Å². The highest BCUT2D eigenvalue weighted by atomic mass is 19.1. The van der Waals surface area contributed by atoms with Crippen LogP contribution in [0.5, 0.6) is 5.75 Å². The van der Waals surface area contributed by atoms with Gasteiger partial charge in [-0.2, -0.15) is 0 Å². The number of Topliss-reactive ketones (excluding diaryl/α,β-unsaturated/α-hetero) is 1. The Labute approximate surface area is 155 Å². The number of carbonyl (C=O) groups excluding carboxylic acids is 3. The SMILES string of the molecule is O=C(COc1ccc(F)cc1)OCC(=O)c1ccc(N2CCCC2=O)cc1. The van der Waals surface area contributed by atoms with E-state index in [4.69, 9.17) is 9.47 Å². The van der Waals surface area contributed by atoms with Gasteiger partial charge in [0, 0.05) is 24.2 Å². The lowest BCUT2D eigenvalue weighted by molar-refractivity contribution is -0.144. The maximum absolute atomic E-state index is 12.8. The highest BCUT2D eigenvalue weighted by Crippen LogP contribution is 2.21. The number of esters is 1. The summed E-state index contributed by atoms with van der Waals surface area (Å²) in [6.45, 7) is -0.111. The van der Waals surface area contributed by atoms with Crippen LogP contribution in [0, 0.1) is 5.82 Å². The molecule has 2 aromatic rings. The number of benzene rings is 2. The summed E-state index contributed by atoms with van der Waals surface area (Å²) in [6, 6.07) is 11.8. The highest BCUT2D eigenvalue weighted by Gasteiger charge is 2.21. The van der Waals surface area contributed by atoms with Crippen LogP contribution in [0.25, 0.3) is 0 Å². The first-order chi connectivity index (χ1) is 13.0.